The van der Waals surface area contributed by atoms with Crippen LogP contribution in [0.15, 0.2) is 48.0 Å². The van der Waals surface area contributed by atoms with Crippen LogP contribution < -0.4 is 5.32 Å². The highest BCUT2D eigenvalue weighted by atomic mass is 35.5. The quantitative estimate of drug-likeness (QED) is 0.673. The summed E-state index contributed by atoms with van der Waals surface area (Å²) in [6, 6.07) is 11.0. The molecule has 3 rings (SSSR count). The second kappa shape index (κ2) is 7.75. The van der Waals surface area contributed by atoms with Crippen molar-refractivity contribution in [2.24, 2.45) is 0 Å². The summed E-state index contributed by atoms with van der Waals surface area (Å²) in [5, 5.41) is 6.22. The smallest absolute Gasteiger partial charge is 0.226 e. The number of amides is 1. The van der Waals surface area contributed by atoms with E-state index in [0.29, 0.717) is 28.0 Å². The van der Waals surface area contributed by atoms with E-state index in [1.54, 1.807) is 12.3 Å². The van der Waals surface area contributed by atoms with Crippen LogP contribution in [0.25, 0.3) is 11.4 Å². The number of carbonyl (C=O) groups is 1. The molecular formula is C17H13Cl2N3OS. The lowest BCUT2D eigenvalue weighted by molar-refractivity contribution is -0.116. The summed E-state index contributed by atoms with van der Waals surface area (Å²) >= 11 is 13.5. The number of pyridine rings is 1. The molecule has 0 fully saturated rings. The lowest BCUT2D eigenvalue weighted by Gasteiger charge is -2.05. The first-order valence-electron chi connectivity index (χ1n) is 7.23. The van der Waals surface area contributed by atoms with E-state index >= 15 is 0 Å². The predicted octanol–water partition coefficient (Wildman–Crippen LogP) is 5.08. The van der Waals surface area contributed by atoms with Gasteiger partial charge in [0.05, 0.1) is 15.7 Å². The highest BCUT2D eigenvalue weighted by Gasteiger charge is 2.10. The van der Waals surface area contributed by atoms with Crippen molar-refractivity contribution >= 4 is 45.6 Å². The second-order valence-corrected chi connectivity index (χ2v) is 6.66. The Morgan fingerprint density at radius 3 is 2.79 bits per heavy atom. The molecule has 7 heteroatoms. The van der Waals surface area contributed by atoms with Gasteiger partial charge in [-0.15, -0.1) is 11.3 Å². The summed E-state index contributed by atoms with van der Waals surface area (Å²) in [7, 11) is 0. The Balaban J connectivity index is 1.59. The van der Waals surface area contributed by atoms with Crippen molar-refractivity contribution in [3.63, 3.8) is 0 Å². The van der Waals surface area contributed by atoms with Gasteiger partial charge in [0, 0.05) is 18.0 Å². The molecule has 0 unspecified atom stereocenters. The fraction of sp³-hybridized carbons (Fsp3) is 0.118. The van der Waals surface area contributed by atoms with Gasteiger partial charge in [-0.2, -0.15) is 0 Å². The summed E-state index contributed by atoms with van der Waals surface area (Å²) in [4.78, 5) is 20.7. The summed E-state index contributed by atoms with van der Waals surface area (Å²) < 4.78 is 0. The zero-order valence-corrected chi connectivity index (χ0v) is 14.8. The van der Waals surface area contributed by atoms with E-state index in [0.717, 1.165) is 17.0 Å². The second-order valence-electron chi connectivity index (χ2n) is 5.01. The lowest BCUT2D eigenvalue weighted by atomic mass is 10.1. The van der Waals surface area contributed by atoms with Crippen molar-refractivity contribution in [2.45, 2.75) is 12.8 Å². The van der Waals surface area contributed by atoms with Gasteiger partial charge in [-0.1, -0.05) is 41.4 Å². The molecule has 122 valence electrons. The number of carbonyl (C=O) groups excluding carboxylic acids is 1. The molecule has 1 aromatic carbocycles. The zero-order chi connectivity index (χ0) is 16.9. The summed E-state index contributed by atoms with van der Waals surface area (Å²) in [5.41, 5.74) is 2.38. The number of nitrogens with zero attached hydrogens (tertiary/aromatic N) is 2. The number of aryl methyl sites for hydroxylation is 1. The third-order valence-electron chi connectivity index (χ3n) is 3.33. The molecule has 0 bridgehead atoms. The van der Waals surface area contributed by atoms with Crippen molar-refractivity contribution in [1.29, 1.82) is 0 Å². The van der Waals surface area contributed by atoms with Crippen molar-refractivity contribution in [3.8, 4) is 11.4 Å². The Bertz CT molecular complexity index is 852. The molecular weight excluding hydrogens is 365 g/mol. The van der Waals surface area contributed by atoms with Crippen LogP contribution in [0.1, 0.15) is 12.0 Å². The van der Waals surface area contributed by atoms with Gasteiger partial charge in [0.15, 0.2) is 5.13 Å². The van der Waals surface area contributed by atoms with Gasteiger partial charge in [0.1, 0.15) is 5.69 Å². The Hall–Kier alpha value is -1.95. The fourth-order valence-electron chi connectivity index (χ4n) is 2.13. The zero-order valence-electron chi connectivity index (χ0n) is 12.5. The minimum Gasteiger partial charge on any atom is -0.302 e. The number of anilines is 1. The molecule has 3 aromatic rings. The molecule has 4 nitrogen and oxygen atoms in total. The predicted molar refractivity (Wildman–Crippen MR) is 98.8 cm³/mol. The van der Waals surface area contributed by atoms with E-state index in [2.05, 4.69) is 15.3 Å². The Labute approximate surface area is 153 Å². The third kappa shape index (κ3) is 4.12. The normalized spacial score (nSPS) is 10.6. The lowest BCUT2D eigenvalue weighted by Crippen LogP contribution is -2.12. The van der Waals surface area contributed by atoms with Crippen LogP contribution in [0.2, 0.25) is 10.0 Å². The standard InChI is InChI=1S/C17H13Cl2N3OS/c18-12-5-3-4-11(16(12)19)7-8-15(23)22-17-21-14(10-24-17)13-6-1-2-9-20-13/h1-6,9-10H,7-8H2,(H,21,22,23). The van der Waals surface area contributed by atoms with E-state index in [9.17, 15) is 4.79 Å². The first-order valence-corrected chi connectivity index (χ1v) is 8.86. The van der Waals surface area contributed by atoms with E-state index in [1.807, 2.05) is 35.7 Å². The van der Waals surface area contributed by atoms with Gasteiger partial charge in [-0.05, 0) is 30.2 Å². The number of rotatable bonds is 5. The maximum Gasteiger partial charge on any atom is 0.226 e. The minimum absolute atomic E-state index is 0.118. The largest absolute Gasteiger partial charge is 0.302 e. The number of halogens is 2. The van der Waals surface area contributed by atoms with Crippen LogP contribution in [0.3, 0.4) is 0 Å². The maximum atomic E-state index is 12.1. The molecule has 0 radical (unpaired) electrons. The first-order chi connectivity index (χ1) is 11.6. The highest BCUT2D eigenvalue weighted by molar-refractivity contribution is 7.14. The van der Waals surface area contributed by atoms with Crippen LogP contribution in [-0.4, -0.2) is 15.9 Å². The molecule has 1 N–H and O–H groups in total. The molecule has 0 aliphatic rings. The van der Waals surface area contributed by atoms with Crippen molar-refractivity contribution in [1.82, 2.24) is 9.97 Å². The third-order valence-corrected chi connectivity index (χ3v) is 4.95. The van der Waals surface area contributed by atoms with Gasteiger partial charge in [0.2, 0.25) is 5.91 Å². The molecule has 2 aromatic heterocycles. The highest BCUT2D eigenvalue weighted by Crippen LogP contribution is 2.27. The Kier molecular flexibility index (Phi) is 5.45. The minimum atomic E-state index is -0.118. The van der Waals surface area contributed by atoms with Gasteiger partial charge < -0.3 is 5.32 Å². The molecule has 0 aliphatic carbocycles. The number of thiazole rings is 1. The van der Waals surface area contributed by atoms with Gasteiger partial charge in [-0.25, -0.2) is 4.98 Å². The van der Waals surface area contributed by atoms with Crippen LogP contribution in [-0.2, 0) is 11.2 Å². The number of benzene rings is 1. The Morgan fingerprint density at radius 2 is 2.00 bits per heavy atom. The monoisotopic (exact) mass is 377 g/mol. The van der Waals surface area contributed by atoms with E-state index in [-0.39, 0.29) is 5.91 Å². The van der Waals surface area contributed by atoms with E-state index < -0.39 is 0 Å². The molecule has 24 heavy (non-hydrogen) atoms. The first kappa shape index (κ1) is 16.9. The summed E-state index contributed by atoms with van der Waals surface area (Å²) in [6.07, 6.45) is 2.53. The molecule has 0 spiro atoms. The molecule has 0 atom stereocenters. The van der Waals surface area contributed by atoms with Crippen molar-refractivity contribution in [3.05, 3.63) is 63.6 Å². The van der Waals surface area contributed by atoms with Crippen LogP contribution in [0, 0.1) is 0 Å². The number of hydrogen-bond acceptors (Lipinski definition) is 4. The van der Waals surface area contributed by atoms with Crippen LogP contribution >= 0.6 is 34.5 Å². The number of nitrogens with one attached hydrogen (secondary N) is 1. The number of hydrogen-bond donors (Lipinski definition) is 1. The molecule has 1 amide bonds. The van der Waals surface area contributed by atoms with Crippen molar-refractivity contribution < 1.29 is 4.79 Å². The van der Waals surface area contributed by atoms with Gasteiger partial charge >= 0.3 is 0 Å². The maximum absolute atomic E-state index is 12.1. The van der Waals surface area contributed by atoms with Crippen molar-refractivity contribution in [2.75, 3.05) is 5.32 Å². The van der Waals surface area contributed by atoms with E-state index in [4.69, 9.17) is 23.2 Å². The fourth-order valence-corrected chi connectivity index (χ4v) is 3.27. The van der Waals surface area contributed by atoms with Gasteiger partial charge in [-0.3, -0.25) is 9.78 Å². The molecule has 0 saturated heterocycles. The Morgan fingerprint density at radius 1 is 1.12 bits per heavy atom. The van der Waals surface area contributed by atoms with E-state index in [1.165, 1.54) is 11.3 Å². The molecule has 0 aliphatic heterocycles. The van der Waals surface area contributed by atoms with Gasteiger partial charge in [0.25, 0.3) is 0 Å². The summed E-state index contributed by atoms with van der Waals surface area (Å²) in [6.45, 7) is 0. The summed E-state index contributed by atoms with van der Waals surface area (Å²) in [5.74, 6) is -0.118. The van der Waals surface area contributed by atoms with Crippen LogP contribution in [0.4, 0.5) is 5.13 Å². The average molecular weight is 378 g/mol. The SMILES string of the molecule is O=C(CCc1cccc(Cl)c1Cl)Nc1nc(-c2ccccn2)cs1. The topological polar surface area (TPSA) is 54.9 Å². The van der Waals surface area contributed by atoms with Crippen LogP contribution in [0.5, 0.6) is 0 Å². The molecule has 2 heterocycles. The number of aromatic nitrogens is 2. The molecule has 0 saturated carbocycles. The average Bonchev–Trinajstić information content (AvgIpc) is 3.05.